The van der Waals surface area contributed by atoms with Crippen molar-refractivity contribution in [1.82, 2.24) is 0 Å². The SMILES string of the molecule is CCCC(CCCOc1c(C)cc(Cc2cc(C)c(OCCCC(CCC)C3CO3)c(C)c2)cc1C)C1CO1. The number of benzene rings is 2. The quantitative estimate of drug-likeness (QED) is 0.142. The lowest BCUT2D eigenvalue weighted by Crippen LogP contribution is -2.11. The molecule has 4 atom stereocenters. The molecule has 2 fully saturated rings. The average molecular weight is 537 g/mol. The molecule has 2 aromatic rings. The molecule has 2 aliphatic rings. The molecular formula is C35H52O4. The van der Waals surface area contributed by atoms with Gasteiger partial charge in [0.2, 0.25) is 0 Å². The van der Waals surface area contributed by atoms with Crippen LogP contribution >= 0.6 is 0 Å². The lowest BCUT2D eigenvalue weighted by atomic mass is 9.95. The van der Waals surface area contributed by atoms with Gasteiger partial charge in [-0.25, -0.2) is 0 Å². The minimum Gasteiger partial charge on any atom is -0.493 e. The normalized spacial score (nSPS) is 19.5. The van der Waals surface area contributed by atoms with Crippen LogP contribution in [0.15, 0.2) is 24.3 Å². The summed E-state index contributed by atoms with van der Waals surface area (Å²) in [5.41, 5.74) is 7.59. The zero-order valence-electron chi connectivity index (χ0n) is 25.4. The van der Waals surface area contributed by atoms with Crippen molar-refractivity contribution in [1.29, 1.82) is 0 Å². The van der Waals surface area contributed by atoms with E-state index in [-0.39, 0.29) is 0 Å². The number of hydrogen-bond donors (Lipinski definition) is 0. The van der Waals surface area contributed by atoms with Crippen LogP contribution in [0.2, 0.25) is 0 Å². The van der Waals surface area contributed by atoms with Gasteiger partial charge in [-0.1, -0.05) is 51.0 Å². The first-order chi connectivity index (χ1) is 18.9. The van der Waals surface area contributed by atoms with Crippen LogP contribution in [-0.2, 0) is 15.9 Å². The standard InChI is InChI=1S/C35H52O4/c1-7-11-30(32-22-38-32)13-9-15-36-34-24(3)17-28(18-25(34)4)21-29-19-26(5)35(27(6)20-29)37-16-10-14-31(12-8-2)33-23-39-33/h17-20,30-33H,7-16,21-23H2,1-6H3. The summed E-state index contributed by atoms with van der Waals surface area (Å²) in [7, 11) is 0. The summed E-state index contributed by atoms with van der Waals surface area (Å²) >= 11 is 0. The largest absolute Gasteiger partial charge is 0.493 e. The van der Waals surface area contributed by atoms with E-state index in [0.29, 0.717) is 24.0 Å². The van der Waals surface area contributed by atoms with E-state index >= 15 is 0 Å². The fourth-order valence-corrected chi connectivity index (χ4v) is 6.44. The lowest BCUT2D eigenvalue weighted by molar-refractivity contribution is 0.257. The van der Waals surface area contributed by atoms with Crippen molar-refractivity contribution in [2.75, 3.05) is 26.4 Å². The fraction of sp³-hybridized carbons (Fsp3) is 0.657. The van der Waals surface area contributed by atoms with Crippen LogP contribution in [-0.4, -0.2) is 38.6 Å². The van der Waals surface area contributed by atoms with Crippen LogP contribution in [0.1, 0.15) is 98.6 Å². The molecule has 2 aromatic carbocycles. The van der Waals surface area contributed by atoms with Crippen molar-refractivity contribution in [3.8, 4) is 11.5 Å². The Bertz CT molecular complexity index is 923. The third kappa shape index (κ3) is 8.98. The molecule has 0 spiro atoms. The highest BCUT2D eigenvalue weighted by atomic mass is 16.6. The molecule has 4 rings (SSSR count). The van der Waals surface area contributed by atoms with E-state index in [4.69, 9.17) is 18.9 Å². The Labute approximate surface area is 237 Å². The highest BCUT2D eigenvalue weighted by Crippen LogP contribution is 2.32. The predicted octanol–water partition coefficient (Wildman–Crippen LogP) is 8.46. The summed E-state index contributed by atoms with van der Waals surface area (Å²) in [5, 5.41) is 0. The van der Waals surface area contributed by atoms with Gasteiger partial charge < -0.3 is 18.9 Å². The molecule has 0 saturated carbocycles. The Morgan fingerprint density at radius 2 is 1.00 bits per heavy atom. The Hall–Kier alpha value is -2.04. The van der Waals surface area contributed by atoms with Crippen molar-refractivity contribution in [3.63, 3.8) is 0 Å². The van der Waals surface area contributed by atoms with E-state index in [1.165, 1.54) is 71.9 Å². The molecule has 0 radical (unpaired) electrons. The van der Waals surface area contributed by atoms with Gasteiger partial charge in [-0.3, -0.25) is 0 Å². The summed E-state index contributed by atoms with van der Waals surface area (Å²) in [6, 6.07) is 9.19. The van der Waals surface area contributed by atoms with E-state index in [0.717, 1.165) is 57.2 Å². The number of aryl methyl sites for hydroxylation is 4. The molecule has 0 aliphatic carbocycles. The van der Waals surface area contributed by atoms with Gasteiger partial charge in [0.1, 0.15) is 11.5 Å². The summed E-state index contributed by atoms with van der Waals surface area (Å²) in [6.45, 7) is 16.7. The zero-order chi connectivity index (χ0) is 27.8. The summed E-state index contributed by atoms with van der Waals surface area (Å²) in [5.74, 6) is 3.51. The summed E-state index contributed by atoms with van der Waals surface area (Å²) in [4.78, 5) is 0. The van der Waals surface area contributed by atoms with Crippen molar-refractivity contribution < 1.29 is 18.9 Å². The highest BCUT2D eigenvalue weighted by molar-refractivity contribution is 5.47. The van der Waals surface area contributed by atoms with Crippen molar-refractivity contribution in [3.05, 3.63) is 57.6 Å². The second kappa shape index (κ2) is 14.6. The van der Waals surface area contributed by atoms with Gasteiger partial charge in [-0.15, -0.1) is 0 Å². The van der Waals surface area contributed by atoms with Gasteiger partial charge in [-0.2, -0.15) is 0 Å². The third-order valence-electron chi connectivity index (χ3n) is 8.47. The fourth-order valence-electron chi connectivity index (χ4n) is 6.44. The number of hydrogen-bond acceptors (Lipinski definition) is 4. The van der Waals surface area contributed by atoms with Gasteiger partial charge in [0.05, 0.1) is 38.6 Å². The second-order valence-electron chi connectivity index (χ2n) is 12.1. The van der Waals surface area contributed by atoms with Crippen molar-refractivity contribution in [2.45, 2.75) is 112 Å². The Kier molecular flexibility index (Phi) is 11.2. The van der Waals surface area contributed by atoms with Crippen molar-refractivity contribution >= 4 is 0 Å². The predicted molar refractivity (Wildman–Crippen MR) is 160 cm³/mol. The van der Waals surface area contributed by atoms with Gasteiger partial charge in [0, 0.05) is 0 Å². The minimum atomic E-state index is 0.506. The third-order valence-corrected chi connectivity index (χ3v) is 8.47. The molecular weight excluding hydrogens is 484 g/mol. The molecule has 39 heavy (non-hydrogen) atoms. The topological polar surface area (TPSA) is 43.5 Å². The molecule has 0 N–H and O–H groups in total. The van der Waals surface area contributed by atoms with Gasteiger partial charge in [0.25, 0.3) is 0 Å². The molecule has 216 valence electrons. The van der Waals surface area contributed by atoms with Crippen LogP contribution in [0.4, 0.5) is 0 Å². The first kappa shape index (κ1) is 29.9. The molecule has 2 aliphatic heterocycles. The minimum absolute atomic E-state index is 0.506. The van der Waals surface area contributed by atoms with E-state index in [9.17, 15) is 0 Å². The molecule has 4 heteroatoms. The van der Waals surface area contributed by atoms with Gasteiger partial charge >= 0.3 is 0 Å². The highest BCUT2D eigenvalue weighted by Gasteiger charge is 2.32. The van der Waals surface area contributed by atoms with E-state index in [1.54, 1.807) is 0 Å². The van der Waals surface area contributed by atoms with E-state index < -0.39 is 0 Å². The maximum absolute atomic E-state index is 6.28. The summed E-state index contributed by atoms with van der Waals surface area (Å²) < 4.78 is 23.7. The number of rotatable bonds is 18. The van der Waals surface area contributed by atoms with Gasteiger partial charge in [-0.05, 0) is 118 Å². The maximum atomic E-state index is 6.28. The maximum Gasteiger partial charge on any atom is 0.125 e. The molecule has 4 nitrogen and oxygen atoms in total. The lowest BCUT2D eigenvalue weighted by Gasteiger charge is -2.18. The molecule has 2 saturated heterocycles. The molecule has 0 aromatic heterocycles. The first-order valence-electron chi connectivity index (χ1n) is 15.6. The smallest absolute Gasteiger partial charge is 0.125 e. The monoisotopic (exact) mass is 536 g/mol. The van der Waals surface area contributed by atoms with E-state index in [2.05, 4.69) is 65.8 Å². The van der Waals surface area contributed by atoms with Crippen LogP contribution in [0.3, 0.4) is 0 Å². The molecule has 4 unspecified atom stereocenters. The van der Waals surface area contributed by atoms with Crippen LogP contribution in [0, 0.1) is 39.5 Å². The number of epoxide rings is 2. The van der Waals surface area contributed by atoms with Crippen LogP contribution in [0.25, 0.3) is 0 Å². The van der Waals surface area contributed by atoms with E-state index in [1.807, 2.05) is 0 Å². The molecule has 2 heterocycles. The second-order valence-corrected chi connectivity index (χ2v) is 12.1. The molecule has 0 bridgehead atoms. The Morgan fingerprint density at radius 3 is 1.31 bits per heavy atom. The summed E-state index contributed by atoms with van der Waals surface area (Å²) in [6.07, 6.45) is 11.5. The first-order valence-corrected chi connectivity index (χ1v) is 15.6. The number of ether oxygens (including phenoxy) is 4. The van der Waals surface area contributed by atoms with Crippen LogP contribution in [0.5, 0.6) is 11.5 Å². The van der Waals surface area contributed by atoms with Gasteiger partial charge in [0.15, 0.2) is 0 Å². The van der Waals surface area contributed by atoms with Crippen LogP contribution < -0.4 is 9.47 Å². The Balaban J connectivity index is 1.27. The zero-order valence-corrected chi connectivity index (χ0v) is 25.4. The van der Waals surface area contributed by atoms with Crippen molar-refractivity contribution in [2.24, 2.45) is 11.8 Å². The average Bonchev–Trinajstić information content (AvgIpc) is 3.79. The Morgan fingerprint density at radius 1 is 0.641 bits per heavy atom. The molecule has 0 amide bonds.